The third-order valence-corrected chi connectivity index (χ3v) is 22.5. The summed E-state index contributed by atoms with van der Waals surface area (Å²) in [5, 5.41) is 6.66. The fourth-order valence-electron chi connectivity index (χ4n) is 14.1. The molecule has 0 saturated carbocycles. The minimum Gasteiger partial charge on any atom is -0.497 e. The molecule has 3 heterocycles. The van der Waals surface area contributed by atoms with Crippen LogP contribution in [0.2, 0.25) is 0 Å². The van der Waals surface area contributed by atoms with Crippen molar-refractivity contribution < 1.29 is 14.2 Å². The Morgan fingerprint density at radius 1 is 0.244 bits per heavy atom. The van der Waals surface area contributed by atoms with E-state index in [4.69, 9.17) is 14.2 Å². The van der Waals surface area contributed by atoms with E-state index in [9.17, 15) is 0 Å². The van der Waals surface area contributed by atoms with Crippen molar-refractivity contribution in [2.45, 2.75) is 297 Å². The first kappa shape index (κ1) is 109. The molecule has 2 fully saturated rings. The average Bonchev–Trinajstić information content (AvgIpc) is 1.74. The predicted octanol–water partition coefficient (Wildman–Crippen LogP) is 34.0. The highest BCUT2D eigenvalue weighted by Gasteiger charge is 2.17. The number of ether oxygens (including phenoxy) is 3. The maximum absolute atomic E-state index is 6.01. The first-order valence-electron chi connectivity index (χ1n) is 47.5. The van der Waals surface area contributed by atoms with Crippen LogP contribution in [0.15, 0.2) is 291 Å². The number of aryl methyl sites for hydroxylation is 7. The minimum absolute atomic E-state index is 0.354. The van der Waals surface area contributed by atoms with Gasteiger partial charge in [-0.3, -0.25) is 4.98 Å². The van der Waals surface area contributed by atoms with Gasteiger partial charge in [0.1, 0.15) is 29.5 Å². The molecule has 14 rings (SSSR count). The van der Waals surface area contributed by atoms with Gasteiger partial charge in [-0.05, 0) is 284 Å². The van der Waals surface area contributed by atoms with Crippen molar-refractivity contribution in [1.82, 2.24) is 15.6 Å². The van der Waals surface area contributed by atoms with E-state index in [0.717, 1.165) is 62.7 Å². The van der Waals surface area contributed by atoms with Crippen molar-refractivity contribution in [3.05, 3.63) is 392 Å². The number of hydrogen-bond donors (Lipinski definition) is 2. The van der Waals surface area contributed by atoms with Crippen molar-refractivity contribution in [3.8, 4) is 28.4 Å². The molecule has 0 amide bonds. The van der Waals surface area contributed by atoms with E-state index in [1.54, 1.807) is 7.11 Å². The number of nitrogens with zero attached hydrogens (tertiary/aromatic N) is 1. The molecule has 0 aliphatic carbocycles. The Morgan fingerprint density at radius 2 is 0.543 bits per heavy atom. The number of rotatable bonds is 17. The molecule has 0 unspecified atom stereocenters. The van der Waals surface area contributed by atoms with Gasteiger partial charge in [0.05, 0.1) is 7.11 Å². The zero-order chi connectivity index (χ0) is 93.9. The topological polar surface area (TPSA) is 64.6 Å². The van der Waals surface area contributed by atoms with E-state index in [2.05, 4.69) is 465 Å². The van der Waals surface area contributed by atoms with Crippen LogP contribution in [0, 0.1) is 48.5 Å². The summed E-state index contributed by atoms with van der Waals surface area (Å²) in [4.78, 5) is 4.03. The second kappa shape index (κ2) is 60.6. The standard InChI is InChI=1S/C14H21NO.C14H15N.C13H19NO.C10H14O.7C10H14/c1-11(2)12-4-3-5-14(10-12)16-13-6-8-15-9-7-13;1-11(2)13-4-3-5-14(10-13)12-6-8-15-9-7-12;1-10(2)11-4-3-5-12(8-11)15-13-6-7-14-9-13;1-8(2)9-4-6-10(11-3)7-5-9;1-8(2)10-6-4-9(3)5-7-10;4*1-8(2)10-6-4-5-9(3)7-10;2*1-8(2)10-7-5-4-6-9(10)3/h3-5,10-11,13,15H,6-9H2,1-2H3;3-11H,1-2H3;3-5,8,10,13-14H,6-7,9H2,1-2H3;4-8H,1-3H3;7*4-8H,1-3H3/t;;13-;;;;;;;;/m..1......../s1. The van der Waals surface area contributed by atoms with Crippen LogP contribution in [0.3, 0.4) is 0 Å². The molecule has 2 aliphatic heterocycles. The zero-order valence-corrected chi connectivity index (χ0v) is 84.3. The molecule has 2 saturated heterocycles. The Morgan fingerprint density at radius 3 is 0.843 bits per heavy atom. The average molecular weight is 1710 g/mol. The van der Waals surface area contributed by atoms with Crippen molar-refractivity contribution in [2.75, 3.05) is 33.3 Å². The van der Waals surface area contributed by atoms with Gasteiger partial charge in [-0.25, -0.2) is 0 Å². The lowest BCUT2D eigenvalue weighted by atomic mass is 9.98. The quantitative estimate of drug-likeness (QED) is 0.0947. The van der Waals surface area contributed by atoms with Crippen LogP contribution in [0.1, 0.15) is 337 Å². The first-order chi connectivity index (χ1) is 60.4. The summed E-state index contributed by atoms with van der Waals surface area (Å²) >= 11 is 0. The maximum Gasteiger partial charge on any atom is 0.120 e. The second-order valence-electron chi connectivity index (χ2n) is 37.6. The van der Waals surface area contributed by atoms with Gasteiger partial charge < -0.3 is 24.8 Å². The normalized spacial score (nSPS) is 12.6. The number of nitrogens with one attached hydrogen (secondary N) is 2. The lowest BCUT2D eigenvalue weighted by Crippen LogP contribution is -2.34. The molecule has 11 aromatic carbocycles. The Hall–Kier alpha value is -10.1. The number of methoxy groups -OCH3 is 1. The predicted molar refractivity (Wildman–Crippen MR) is 557 cm³/mol. The molecule has 2 aliphatic rings. The largest absolute Gasteiger partial charge is 0.497 e. The maximum atomic E-state index is 6.01. The summed E-state index contributed by atoms with van der Waals surface area (Å²) in [6.07, 6.45) is 7.76. The molecule has 0 spiro atoms. The molecular formula is C121H167N3O3. The molecule has 127 heavy (non-hydrogen) atoms. The van der Waals surface area contributed by atoms with E-state index in [1.807, 2.05) is 42.7 Å². The van der Waals surface area contributed by atoms with Crippen LogP contribution in [0.4, 0.5) is 0 Å². The SMILES string of the molecule is CC(C)c1cccc(-c2ccncc2)c1.CC(C)c1cccc(OC2CCNCC2)c1.CC(C)c1cccc(O[C@@H]2CCNC2)c1.COc1ccc(C(C)C)cc1.Cc1ccc(C(C)C)cc1.Cc1cccc(C(C)C)c1.Cc1cccc(C(C)C)c1.Cc1cccc(C(C)C)c1.Cc1cccc(C(C)C)c1.Cc1ccccc1C(C)C.Cc1ccccc1C(C)C. The molecule has 2 N–H and O–H groups in total. The van der Waals surface area contributed by atoms with Crippen molar-refractivity contribution >= 4 is 0 Å². The molecule has 1 aromatic heterocycles. The number of benzene rings is 11. The number of aromatic nitrogens is 1. The van der Waals surface area contributed by atoms with Crippen LogP contribution in [0.5, 0.6) is 17.2 Å². The molecule has 6 nitrogen and oxygen atoms in total. The summed E-state index contributed by atoms with van der Waals surface area (Å²) in [5.74, 6) is 9.84. The third-order valence-electron chi connectivity index (χ3n) is 22.5. The van der Waals surface area contributed by atoms with Crippen molar-refractivity contribution in [3.63, 3.8) is 0 Å². The Bertz CT molecular complexity index is 4630. The van der Waals surface area contributed by atoms with Gasteiger partial charge in [-0.15, -0.1) is 0 Å². The number of hydrogen-bond acceptors (Lipinski definition) is 6. The van der Waals surface area contributed by atoms with E-state index >= 15 is 0 Å². The molecular weight excluding hydrogens is 1540 g/mol. The van der Waals surface area contributed by atoms with Crippen LogP contribution < -0.4 is 24.8 Å². The van der Waals surface area contributed by atoms with Gasteiger partial charge in [-0.2, -0.15) is 0 Å². The van der Waals surface area contributed by atoms with Crippen molar-refractivity contribution in [2.24, 2.45) is 0 Å². The fraction of sp³-hybridized carbons (Fsp3) is 0.413. The van der Waals surface area contributed by atoms with Gasteiger partial charge in [0, 0.05) is 18.9 Å². The van der Waals surface area contributed by atoms with Crippen LogP contribution in [0.25, 0.3) is 11.1 Å². The molecule has 6 heteroatoms. The minimum atomic E-state index is 0.354. The number of piperidine rings is 1. The van der Waals surface area contributed by atoms with Gasteiger partial charge in [0.15, 0.2) is 0 Å². The summed E-state index contributed by atoms with van der Waals surface area (Å²) in [6.45, 7) is 67.9. The highest BCUT2D eigenvalue weighted by molar-refractivity contribution is 5.63. The van der Waals surface area contributed by atoms with Crippen molar-refractivity contribution in [1.29, 1.82) is 0 Å². The van der Waals surface area contributed by atoms with Crippen LogP contribution in [-0.2, 0) is 0 Å². The highest BCUT2D eigenvalue weighted by atomic mass is 16.5. The van der Waals surface area contributed by atoms with Crippen LogP contribution in [-0.4, -0.2) is 50.5 Å². The second-order valence-corrected chi connectivity index (χ2v) is 37.6. The number of pyridine rings is 1. The van der Waals surface area contributed by atoms with Gasteiger partial charge >= 0.3 is 0 Å². The summed E-state index contributed by atoms with van der Waals surface area (Å²) in [7, 11) is 1.68. The Balaban J connectivity index is 0.000000294. The van der Waals surface area contributed by atoms with Gasteiger partial charge in [0.2, 0.25) is 0 Å². The van der Waals surface area contributed by atoms with Crippen LogP contribution >= 0.6 is 0 Å². The summed E-state index contributed by atoms with van der Waals surface area (Å²) in [6, 6.07) is 98.3. The molecule has 12 aromatic rings. The Kier molecular flexibility index (Phi) is 52.1. The van der Waals surface area contributed by atoms with Gasteiger partial charge in [-0.1, -0.05) is 411 Å². The monoisotopic (exact) mass is 1710 g/mol. The lowest BCUT2D eigenvalue weighted by Gasteiger charge is -2.24. The zero-order valence-electron chi connectivity index (χ0n) is 84.3. The summed E-state index contributed by atoms with van der Waals surface area (Å²) < 4.78 is 17.0. The molecule has 0 radical (unpaired) electrons. The fourth-order valence-corrected chi connectivity index (χ4v) is 14.1. The van der Waals surface area contributed by atoms with E-state index in [1.165, 1.54) is 111 Å². The molecule has 1 atom stereocenters. The first-order valence-corrected chi connectivity index (χ1v) is 47.5. The van der Waals surface area contributed by atoms with E-state index < -0.39 is 0 Å². The summed E-state index contributed by atoms with van der Waals surface area (Å²) in [5.41, 5.74) is 27.5. The third kappa shape index (κ3) is 44.9. The Labute approximate surface area is 775 Å². The lowest BCUT2D eigenvalue weighted by molar-refractivity contribution is 0.162. The molecule has 0 bridgehead atoms. The highest BCUT2D eigenvalue weighted by Crippen LogP contribution is 2.28. The smallest absolute Gasteiger partial charge is 0.120 e. The van der Waals surface area contributed by atoms with E-state index in [0.29, 0.717) is 77.3 Å². The van der Waals surface area contributed by atoms with Gasteiger partial charge in [0.25, 0.3) is 0 Å². The van der Waals surface area contributed by atoms with E-state index in [-0.39, 0.29) is 0 Å². The molecule has 684 valence electrons.